The van der Waals surface area contributed by atoms with Crippen molar-refractivity contribution in [3.8, 4) is 5.75 Å². The van der Waals surface area contributed by atoms with Gasteiger partial charge < -0.3 is 31.2 Å². The molecule has 9 nitrogen and oxygen atoms in total. The number of anilines is 1. The zero-order valence-corrected chi connectivity index (χ0v) is 17.0. The normalized spacial score (nSPS) is 11.8. The number of carbonyl (C=O) groups is 3. The molecular weight excluding hydrogens is 400 g/mol. The molecule has 9 heteroatoms. The minimum Gasteiger partial charge on any atom is -0.489 e. The number of primary amides is 1. The first kappa shape index (κ1) is 21.8. The quantitative estimate of drug-likeness (QED) is 0.413. The summed E-state index contributed by atoms with van der Waals surface area (Å²) in [5, 5.41) is 12.2. The fraction of sp³-hybridized carbons (Fsp3) is 0.227. The fourth-order valence-electron chi connectivity index (χ4n) is 3.20. The summed E-state index contributed by atoms with van der Waals surface area (Å²) in [6.07, 6.45) is -0.113. The highest BCUT2D eigenvalue weighted by Crippen LogP contribution is 2.24. The second kappa shape index (κ2) is 9.31. The number of ether oxygens (including phenoxy) is 1. The topological polar surface area (TPSA) is 150 Å². The Bertz CT molecular complexity index is 1140. The fourth-order valence-corrected chi connectivity index (χ4v) is 3.20. The number of amides is 2. The molecule has 0 spiro atoms. The van der Waals surface area contributed by atoms with Gasteiger partial charge in [-0.3, -0.25) is 14.4 Å². The molecule has 0 aliphatic heterocycles. The Kier molecular flexibility index (Phi) is 6.56. The van der Waals surface area contributed by atoms with Crippen molar-refractivity contribution in [2.45, 2.75) is 25.5 Å². The molecule has 31 heavy (non-hydrogen) atoms. The Balaban J connectivity index is 1.64. The number of nitrogens with zero attached hydrogens (tertiary/aromatic N) is 1. The molecule has 0 aliphatic rings. The molecule has 1 aromatic heterocycles. The maximum atomic E-state index is 12.1. The zero-order valence-electron chi connectivity index (χ0n) is 17.0. The number of nitrogens with two attached hydrogens (primary N) is 2. The van der Waals surface area contributed by atoms with E-state index in [2.05, 4.69) is 5.32 Å². The molecule has 0 radical (unpaired) electrons. The van der Waals surface area contributed by atoms with Crippen molar-refractivity contribution in [3.05, 3.63) is 59.8 Å². The van der Waals surface area contributed by atoms with Crippen LogP contribution in [0, 0.1) is 0 Å². The Labute approximate surface area is 178 Å². The van der Waals surface area contributed by atoms with Crippen LogP contribution >= 0.6 is 0 Å². The van der Waals surface area contributed by atoms with Gasteiger partial charge in [0.15, 0.2) is 0 Å². The lowest BCUT2D eigenvalue weighted by Gasteiger charge is -2.12. The van der Waals surface area contributed by atoms with Gasteiger partial charge in [-0.25, -0.2) is 0 Å². The molecule has 0 aliphatic carbocycles. The molecule has 1 heterocycles. The van der Waals surface area contributed by atoms with E-state index in [1.165, 1.54) is 0 Å². The lowest BCUT2D eigenvalue weighted by molar-refractivity contribution is -0.137. The van der Waals surface area contributed by atoms with Gasteiger partial charge in [0.05, 0.1) is 6.04 Å². The van der Waals surface area contributed by atoms with Crippen LogP contribution in [-0.4, -0.2) is 33.5 Å². The maximum absolute atomic E-state index is 12.1. The molecule has 0 fully saturated rings. The first-order valence-corrected chi connectivity index (χ1v) is 9.64. The summed E-state index contributed by atoms with van der Waals surface area (Å²) in [5.74, 6) is -1.32. The average Bonchev–Trinajstić information content (AvgIpc) is 3.07. The van der Waals surface area contributed by atoms with E-state index in [-0.39, 0.29) is 19.4 Å². The number of aliphatic carboxylic acids is 1. The van der Waals surface area contributed by atoms with Crippen LogP contribution in [0.15, 0.2) is 48.5 Å². The molecule has 0 saturated heterocycles. The summed E-state index contributed by atoms with van der Waals surface area (Å²) in [6, 6.07) is 13.4. The van der Waals surface area contributed by atoms with Crippen molar-refractivity contribution in [2.75, 3.05) is 5.32 Å². The first-order valence-electron chi connectivity index (χ1n) is 9.64. The van der Waals surface area contributed by atoms with Gasteiger partial charge in [-0.2, -0.15) is 0 Å². The first-order chi connectivity index (χ1) is 14.7. The zero-order chi connectivity index (χ0) is 22.5. The van der Waals surface area contributed by atoms with Gasteiger partial charge in [0.1, 0.15) is 18.1 Å². The van der Waals surface area contributed by atoms with Crippen LogP contribution in [0.3, 0.4) is 0 Å². The number of aromatic nitrogens is 1. The third-order valence-electron chi connectivity index (χ3n) is 4.87. The lowest BCUT2D eigenvalue weighted by Crippen LogP contribution is -2.36. The predicted octanol–water partition coefficient (Wildman–Crippen LogP) is 1.99. The minimum atomic E-state index is -0.998. The van der Waals surface area contributed by atoms with Gasteiger partial charge in [-0.15, -0.1) is 0 Å². The third kappa shape index (κ3) is 5.40. The van der Waals surface area contributed by atoms with Gasteiger partial charge >= 0.3 is 5.97 Å². The van der Waals surface area contributed by atoms with E-state index < -0.39 is 23.8 Å². The van der Waals surface area contributed by atoms with E-state index in [1.54, 1.807) is 41.9 Å². The molecule has 1 atom stereocenters. The highest BCUT2D eigenvalue weighted by molar-refractivity contribution is 5.98. The molecule has 0 bridgehead atoms. The summed E-state index contributed by atoms with van der Waals surface area (Å²) in [7, 11) is 1.77. The van der Waals surface area contributed by atoms with Crippen molar-refractivity contribution < 1.29 is 24.2 Å². The Morgan fingerprint density at radius 2 is 1.94 bits per heavy atom. The SMILES string of the molecule is Cn1c(C(N)=O)cc2cc(OCc3cccc(NC(=O)C(N)CCC(=O)O)c3)ccc21. The number of nitrogens with one attached hydrogen (secondary N) is 1. The van der Waals surface area contributed by atoms with Crippen LogP contribution in [0.1, 0.15) is 28.9 Å². The van der Waals surface area contributed by atoms with Gasteiger partial charge in [-0.1, -0.05) is 12.1 Å². The number of rotatable bonds is 9. The molecule has 1 unspecified atom stereocenters. The van der Waals surface area contributed by atoms with Crippen LogP contribution in [0.4, 0.5) is 5.69 Å². The van der Waals surface area contributed by atoms with Crippen molar-refractivity contribution in [3.63, 3.8) is 0 Å². The molecule has 3 aromatic rings. The molecule has 6 N–H and O–H groups in total. The van der Waals surface area contributed by atoms with Crippen LogP contribution in [0.2, 0.25) is 0 Å². The van der Waals surface area contributed by atoms with Crippen molar-refractivity contribution in [1.29, 1.82) is 0 Å². The van der Waals surface area contributed by atoms with Crippen LogP contribution in [0.5, 0.6) is 5.75 Å². The van der Waals surface area contributed by atoms with Crippen LogP contribution in [-0.2, 0) is 23.2 Å². The Hall–Kier alpha value is -3.85. The summed E-state index contributed by atoms with van der Waals surface area (Å²) < 4.78 is 7.58. The summed E-state index contributed by atoms with van der Waals surface area (Å²) in [5.41, 5.74) is 13.8. The predicted molar refractivity (Wildman–Crippen MR) is 116 cm³/mol. The van der Waals surface area contributed by atoms with E-state index in [9.17, 15) is 14.4 Å². The van der Waals surface area contributed by atoms with E-state index in [0.717, 1.165) is 16.5 Å². The lowest BCUT2D eigenvalue weighted by atomic mass is 10.1. The number of hydrogen-bond donors (Lipinski definition) is 4. The average molecular weight is 424 g/mol. The minimum absolute atomic E-state index is 0.0589. The van der Waals surface area contributed by atoms with E-state index >= 15 is 0 Å². The van der Waals surface area contributed by atoms with Crippen molar-refractivity contribution >= 4 is 34.4 Å². The molecule has 162 valence electrons. The highest BCUT2D eigenvalue weighted by atomic mass is 16.5. The summed E-state index contributed by atoms with van der Waals surface area (Å²) >= 11 is 0. The van der Waals surface area contributed by atoms with Crippen molar-refractivity contribution in [1.82, 2.24) is 4.57 Å². The molecule has 3 rings (SSSR count). The van der Waals surface area contributed by atoms with Crippen molar-refractivity contribution in [2.24, 2.45) is 18.5 Å². The number of benzene rings is 2. The van der Waals surface area contributed by atoms with E-state index in [1.807, 2.05) is 18.2 Å². The number of hydrogen-bond acceptors (Lipinski definition) is 5. The molecule has 0 saturated carbocycles. The second-order valence-electron chi connectivity index (χ2n) is 7.19. The highest BCUT2D eigenvalue weighted by Gasteiger charge is 2.15. The smallest absolute Gasteiger partial charge is 0.303 e. The van der Waals surface area contributed by atoms with Crippen LogP contribution in [0.25, 0.3) is 10.9 Å². The Morgan fingerprint density at radius 3 is 2.65 bits per heavy atom. The number of carbonyl (C=O) groups excluding carboxylic acids is 2. The Morgan fingerprint density at radius 1 is 1.16 bits per heavy atom. The van der Waals surface area contributed by atoms with Gasteiger partial charge in [-0.05, 0) is 48.4 Å². The maximum Gasteiger partial charge on any atom is 0.303 e. The van der Waals surface area contributed by atoms with Gasteiger partial charge in [0, 0.05) is 30.1 Å². The molecule has 2 aromatic carbocycles. The van der Waals surface area contributed by atoms with E-state index in [4.69, 9.17) is 21.3 Å². The number of carboxylic acid groups (broad SMARTS) is 1. The standard InChI is InChI=1S/C22H24N4O5/c1-26-18-7-5-16(10-14(18)11-19(26)21(24)29)31-12-13-3-2-4-15(9-13)25-22(30)17(23)6-8-20(27)28/h2-5,7,9-11,17H,6,8,12,23H2,1H3,(H2,24,29)(H,25,30)(H,27,28). The van der Waals surface area contributed by atoms with Gasteiger partial charge in [0.2, 0.25) is 5.91 Å². The van der Waals surface area contributed by atoms with Crippen LogP contribution < -0.4 is 21.5 Å². The monoisotopic (exact) mass is 424 g/mol. The number of carboxylic acids is 1. The largest absolute Gasteiger partial charge is 0.489 e. The van der Waals surface area contributed by atoms with Gasteiger partial charge in [0.25, 0.3) is 5.91 Å². The number of fused-ring (bicyclic) bond motifs is 1. The molecular formula is C22H24N4O5. The van der Waals surface area contributed by atoms with E-state index in [0.29, 0.717) is 17.1 Å². The summed E-state index contributed by atoms with van der Waals surface area (Å²) in [4.78, 5) is 34.2. The second-order valence-corrected chi connectivity index (χ2v) is 7.19. The third-order valence-corrected chi connectivity index (χ3v) is 4.87. The number of aryl methyl sites for hydroxylation is 1. The summed E-state index contributed by atoms with van der Waals surface area (Å²) in [6.45, 7) is 0.260. The molecule has 2 amide bonds.